The third-order valence-electron chi connectivity index (χ3n) is 2.12. The maximum atomic E-state index is 11.6. The normalized spacial score (nSPS) is 11.2. The number of furan rings is 1. The molecule has 0 spiro atoms. The molecule has 0 aliphatic carbocycles. The van der Waals surface area contributed by atoms with Gasteiger partial charge in [0.1, 0.15) is 16.2 Å². The van der Waals surface area contributed by atoms with Gasteiger partial charge in [-0.3, -0.25) is 10.1 Å². The average molecular weight is 294 g/mol. The summed E-state index contributed by atoms with van der Waals surface area (Å²) in [5.74, 6) is 0.473. The first-order valence-corrected chi connectivity index (χ1v) is 6.70. The maximum Gasteiger partial charge on any atom is 0.413 e. The van der Waals surface area contributed by atoms with Crippen LogP contribution in [0, 0.1) is 0 Å². The number of carbonyl (C=O) groups excluding carboxylic acids is 2. The van der Waals surface area contributed by atoms with Crippen LogP contribution in [0.2, 0.25) is 0 Å². The number of anilines is 1. The van der Waals surface area contributed by atoms with E-state index in [2.05, 4.69) is 10.3 Å². The molecule has 20 heavy (non-hydrogen) atoms. The second kappa shape index (κ2) is 5.46. The molecule has 0 atom stereocenters. The molecule has 0 aliphatic heterocycles. The van der Waals surface area contributed by atoms with E-state index in [0.29, 0.717) is 22.6 Å². The zero-order valence-electron chi connectivity index (χ0n) is 11.3. The van der Waals surface area contributed by atoms with Crippen molar-refractivity contribution in [2.45, 2.75) is 26.4 Å². The summed E-state index contributed by atoms with van der Waals surface area (Å²) in [5, 5.41) is 2.79. The predicted molar refractivity (Wildman–Crippen MR) is 75.1 cm³/mol. The van der Waals surface area contributed by atoms with Gasteiger partial charge >= 0.3 is 6.09 Å². The summed E-state index contributed by atoms with van der Waals surface area (Å²) < 4.78 is 10.3. The van der Waals surface area contributed by atoms with Gasteiger partial charge in [0.15, 0.2) is 17.2 Å². The van der Waals surface area contributed by atoms with Gasteiger partial charge in [-0.2, -0.15) is 0 Å². The van der Waals surface area contributed by atoms with Crippen molar-refractivity contribution in [1.82, 2.24) is 4.98 Å². The molecule has 0 saturated heterocycles. The van der Waals surface area contributed by atoms with Crippen LogP contribution < -0.4 is 5.32 Å². The van der Waals surface area contributed by atoms with Crippen LogP contribution in [0.25, 0.3) is 11.5 Å². The third-order valence-corrected chi connectivity index (χ3v) is 3.02. The second-order valence-electron chi connectivity index (χ2n) is 4.95. The molecule has 2 aromatic rings. The summed E-state index contributed by atoms with van der Waals surface area (Å²) in [6, 6.07) is 3.39. The number of ether oxygens (including phenoxy) is 1. The van der Waals surface area contributed by atoms with Gasteiger partial charge < -0.3 is 9.15 Å². The summed E-state index contributed by atoms with van der Waals surface area (Å²) in [7, 11) is 0. The van der Waals surface area contributed by atoms with Crippen LogP contribution in [0.4, 0.5) is 9.93 Å². The van der Waals surface area contributed by atoms with Gasteiger partial charge in [0.25, 0.3) is 0 Å². The number of nitrogens with one attached hydrogen (secondary N) is 1. The predicted octanol–water partition coefficient (Wildman–Crippen LogP) is 3.56. The molecular formula is C13H14N2O4S. The summed E-state index contributed by atoms with van der Waals surface area (Å²) >= 11 is 1.06. The molecule has 0 fully saturated rings. The van der Waals surface area contributed by atoms with E-state index in [1.54, 1.807) is 32.9 Å². The minimum Gasteiger partial charge on any atom is -0.463 e. The molecule has 106 valence electrons. The average Bonchev–Trinajstić information content (AvgIpc) is 2.93. The van der Waals surface area contributed by atoms with Crippen molar-refractivity contribution >= 4 is 28.8 Å². The van der Waals surface area contributed by atoms with Crippen LogP contribution in [0.15, 0.2) is 22.8 Å². The highest BCUT2D eigenvalue weighted by atomic mass is 32.1. The van der Waals surface area contributed by atoms with E-state index in [9.17, 15) is 9.59 Å². The molecule has 2 aromatic heterocycles. The van der Waals surface area contributed by atoms with Crippen LogP contribution in [0.3, 0.4) is 0 Å². The highest BCUT2D eigenvalue weighted by Crippen LogP contribution is 2.30. The molecule has 7 heteroatoms. The van der Waals surface area contributed by atoms with Gasteiger partial charge in [0, 0.05) is 0 Å². The van der Waals surface area contributed by atoms with Crippen molar-refractivity contribution in [2.75, 3.05) is 5.32 Å². The number of carbonyl (C=O) groups is 2. The third kappa shape index (κ3) is 3.45. The van der Waals surface area contributed by atoms with Crippen molar-refractivity contribution in [2.24, 2.45) is 0 Å². The molecule has 0 radical (unpaired) electrons. The fourth-order valence-electron chi connectivity index (χ4n) is 1.45. The number of aldehydes is 1. The zero-order chi connectivity index (χ0) is 14.8. The Morgan fingerprint density at radius 3 is 2.80 bits per heavy atom. The SMILES string of the molecule is CC(C)(C)OC(=O)Nc1nc(-c2ccco2)c(C=O)s1. The summed E-state index contributed by atoms with van der Waals surface area (Å²) in [6.07, 6.45) is 1.55. The molecule has 2 rings (SSSR count). The van der Waals surface area contributed by atoms with Gasteiger partial charge in [0.05, 0.1) is 6.26 Å². The van der Waals surface area contributed by atoms with E-state index in [1.165, 1.54) is 6.26 Å². The lowest BCUT2D eigenvalue weighted by Crippen LogP contribution is -2.27. The summed E-state index contributed by atoms with van der Waals surface area (Å²) in [5.41, 5.74) is -0.195. The van der Waals surface area contributed by atoms with Crippen LogP contribution >= 0.6 is 11.3 Å². The highest BCUT2D eigenvalue weighted by Gasteiger charge is 2.20. The molecular weight excluding hydrogens is 280 g/mol. The molecule has 0 unspecified atom stereocenters. The van der Waals surface area contributed by atoms with Crippen molar-refractivity contribution in [3.8, 4) is 11.5 Å². The number of nitrogens with zero attached hydrogens (tertiary/aromatic N) is 1. The zero-order valence-corrected chi connectivity index (χ0v) is 12.1. The Hall–Kier alpha value is -2.15. The molecule has 1 N–H and O–H groups in total. The van der Waals surface area contributed by atoms with Crippen LogP contribution in [0.5, 0.6) is 0 Å². The van der Waals surface area contributed by atoms with Crippen molar-refractivity contribution < 1.29 is 18.7 Å². The molecule has 0 saturated carbocycles. The van der Waals surface area contributed by atoms with E-state index < -0.39 is 11.7 Å². The number of hydrogen-bond acceptors (Lipinski definition) is 6. The Bertz CT molecular complexity index is 611. The Morgan fingerprint density at radius 2 is 2.25 bits per heavy atom. The Kier molecular flexibility index (Phi) is 3.89. The Labute approximate surface area is 119 Å². The minimum atomic E-state index is -0.616. The first kappa shape index (κ1) is 14.3. The number of rotatable bonds is 3. The standard InChI is InChI=1S/C13H14N2O4S/c1-13(2,3)19-12(17)15-11-14-10(9(7-16)20-11)8-5-4-6-18-8/h4-7H,1-3H3,(H,14,15,17). The van der Waals surface area contributed by atoms with Crippen LogP contribution in [-0.4, -0.2) is 23.0 Å². The molecule has 6 nitrogen and oxygen atoms in total. The topological polar surface area (TPSA) is 81.4 Å². The number of thiazole rings is 1. The van der Waals surface area contributed by atoms with Gasteiger partial charge in [-0.15, -0.1) is 0 Å². The van der Waals surface area contributed by atoms with Gasteiger partial charge in [-0.05, 0) is 32.9 Å². The fourth-order valence-corrected chi connectivity index (χ4v) is 2.22. The molecule has 0 bridgehead atoms. The molecule has 0 aromatic carbocycles. The lowest BCUT2D eigenvalue weighted by molar-refractivity contribution is 0.0636. The number of aromatic nitrogens is 1. The molecule has 2 heterocycles. The second-order valence-corrected chi connectivity index (χ2v) is 5.98. The van der Waals surface area contributed by atoms with E-state index in [4.69, 9.17) is 9.15 Å². The monoisotopic (exact) mass is 294 g/mol. The lowest BCUT2D eigenvalue weighted by atomic mass is 10.2. The van der Waals surface area contributed by atoms with Gasteiger partial charge in [-0.25, -0.2) is 9.78 Å². The first-order chi connectivity index (χ1) is 9.39. The quantitative estimate of drug-likeness (QED) is 0.875. The van der Waals surface area contributed by atoms with E-state index in [1.807, 2.05) is 0 Å². The minimum absolute atomic E-state index is 0.285. The first-order valence-electron chi connectivity index (χ1n) is 5.89. The smallest absolute Gasteiger partial charge is 0.413 e. The van der Waals surface area contributed by atoms with E-state index in [-0.39, 0.29) is 5.13 Å². The lowest BCUT2D eigenvalue weighted by Gasteiger charge is -2.18. The van der Waals surface area contributed by atoms with E-state index >= 15 is 0 Å². The number of hydrogen-bond donors (Lipinski definition) is 1. The van der Waals surface area contributed by atoms with Crippen molar-refractivity contribution in [3.63, 3.8) is 0 Å². The molecule has 1 amide bonds. The fraction of sp³-hybridized carbons (Fsp3) is 0.308. The Balaban J connectivity index is 2.18. The Morgan fingerprint density at radius 1 is 1.50 bits per heavy atom. The highest BCUT2D eigenvalue weighted by molar-refractivity contribution is 7.17. The van der Waals surface area contributed by atoms with Gasteiger partial charge in [-0.1, -0.05) is 11.3 Å². The van der Waals surface area contributed by atoms with Crippen LogP contribution in [-0.2, 0) is 4.74 Å². The van der Waals surface area contributed by atoms with Crippen molar-refractivity contribution in [1.29, 1.82) is 0 Å². The summed E-state index contributed by atoms with van der Waals surface area (Å²) in [4.78, 5) is 27.2. The largest absolute Gasteiger partial charge is 0.463 e. The molecule has 0 aliphatic rings. The van der Waals surface area contributed by atoms with Crippen molar-refractivity contribution in [3.05, 3.63) is 23.3 Å². The van der Waals surface area contributed by atoms with Crippen LogP contribution in [0.1, 0.15) is 30.4 Å². The number of amides is 1. The van der Waals surface area contributed by atoms with Gasteiger partial charge in [0.2, 0.25) is 0 Å². The maximum absolute atomic E-state index is 11.6. The summed E-state index contributed by atoms with van der Waals surface area (Å²) in [6.45, 7) is 5.29. The van der Waals surface area contributed by atoms with E-state index in [0.717, 1.165) is 11.3 Å².